The first-order chi connectivity index (χ1) is 12.4. The molecule has 0 aliphatic heterocycles. The molecule has 120 valence electrons. The standard InChI is InChI=1S/C23H18N2/c1-3-13-21(14-4-1)25(22-15-5-2-6-16-22)24-18-20-12-9-11-19-10-7-8-17-23(19)20/h1-18H. The number of anilines is 2. The molecule has 0 atom stereocenters. The van der Waals surface area contributed by atoms with Crippen molar-refractivity contribution in [3.05, 3.63) is 109 Å². The van der Waals surface area contributed by atoms with Crippen molar-refractivity contribution in [2.75, 3.05) is 5.01 Å². The van der Waals surface area contributed by atoms with E-state index in [4.69, 9.17) is 5.10 Å². The molecular formula is C23H18N2. The fourth-order valence-corrected chi connectivity index (χ4v) is 2.90. The maximum Gasteiger partial charge on any atom is 0.0652 e. The van der Waals surface area contributed by atoms with Crippen molar-refractivity contribution in [2.24, 2.45) is 5.10 Å². The van der Waals surface area contributed by atoms with Gasteiger partial charge in [-0.05, 0) is 35.0 Å². The summed E-state index contributed by atoms with van der Waals surface area (Å²) in [6.45, 7) is 0. The van der Waals surface area contributed by atoms with Gasteiger partial charge in [0.2, 0.25) is 0 Å². The maximum atomic E-state index is 4.79. The highest BCUT2D eigenvalue weighted by Gasteiger charge is 2.07. The molecule has 0 amide bonds. The first kappa shape index (κ1) is 15.2. The lowest BCUT2D eigenvalue weighted by atomic mass is 10.1. The second-order valence-electron chi connectivity index (χ2n) is 5.80. The lowest BCUT2D eigenvalue weighted by Gasteiger charge is -2.19. The molecule has 0 unspecified atom stereocenters. The molecule has 0 bridgehead atoms. The summed E-state index contributed by atoms with van der Waals surface area (Å²) in [7, 11) is 0. The van der Waals surface area contributed by atoms with E-state index >= 15 is 0 Å². The van der Waals surface area contributed by atoms with E-state index < -0.39 is 0 Å². The Hall–Kier alpha value is -3.39. The topological polar surface area (TPSA) is 15.6 Å². The van der Waals surface area contributed by atoms with E-state index in [0.717, 1.165) is 16.9 Å². The summed E-state index contributed by atoms with van der Waals surface area (Å²) >= 11 is 0. The number of benzene rings is 4. The first-order valence-electron chi connectivity index (χ1n) is 8.34. The van der Waals surface area contributed by atoms with E-state index in [9.17, 15) is 0 Å². The Balaban J connectivity index is 1.77. The summed E-state index contributed by atoms with van der Waals surface area (Å²) in [6, 6.07) is 35.1. The second-order valence-corrected chi connectivity index (χ2v) is 5.80. The van der Waals surface area contributed by atoms with Crippen LogP contribution in [0.4, 0.5) is 11.4 Å². The molecule has 0 N–H and O–H groups in total. The summed E-state index contributed by atoms with van der Waals surface area (Å²) in [5.41, 5.74) is 3.17. The summed E-state index contributed by atoms with van der Waals surface area (Å²) in [4.78, 5) is 0. The monoisotopic (exact) mass is 322 g/mol. The molecule has 0 saturated heterocycles. The fraction of sp³-hybridized carbons (Fsp3) is 0. The molecule has 0 heterocycles. The van der Waals surface area contributed by atoms with Crippen molar-refractivity contribution in [2.45, 2.75) is 0 Å². The van der Waals surface area contributed by atoms with Crippen LogP contribution in [-0.2, 0) is 0 Å². The molecule has 4 rings (SSSR count). The normalized spacial score (nSPS) is 11.0. The van der Waals surface area contributed by atoms with Crippen molar-refractivity contribution >= 4 is 28.4 Å². The predicted molar refractivity (Wildman–Crippen MR) is 107 cm³/mol. The lowest BCUT2D eigenvalue weighted by Crippen LogP contribution is -2.09. The van der Waals surface area contributed by atoms with Crippen LogP contribution in [0.15, 0.2) is 108 Å². The third-order valence-corrected chi connectivity index (χ3v) is 4.14. The van der Waals surface area contributed by atoms with Crippen molar-refractivity contribution < 1.29 is 0 Å². The van der Waals surface area contributed by atoms with E-state index in [1.165, 1.54) is 10.8 Å². The second kappa shape index (κ2) is 7.02. The molecule has 2 heteroatoms. The van der Waals surface area contributed by atoms with Crippen molar-refractivity contribution in [3.63, 3.8) is 0 Å². The number of hydrogen-bond donors (Lipinski definition) is 0. The van der Waals surface area contributed by atoms with Crippen molar-refractivity contribution in [1.29, 1.82) is 0 Å². The highest BCUT2D eigenvalue weighted by molar-refractivity contribution is 6.00. The van der Waals surface area contributed by atoms with Crippen LogP contribution >= 0.6 is 0 Å². The summed E-state index contributed by atoms with van der Waals surface area (Å²) in [6.07, 6.45) is 1.93. The molecule has 0 aromatic heterocycles. The van der Waals surface area contributed by atoms with E-state index in [-0.39, 0.29) is 0 Å². The number of nitrogens with zero attached hydrogens (tertiary/aromatic N) is 2. The Labute approximate surface area is 147 Å². The largest absolute Gasteiger partial charge is 0.234 e. The minimum atomic E-state index is 1.03. The van der Waals surface area contributed by atoms with Gasteiger partial charge >= 0.3 is 0 Å². The summed E-state index contributed by atoms with van der Waals surface area (Å²) < 4.78 is 0. The predicted octanol–water partition coefficient (Wildman–Crippen LogP) is 6.01. The fourth-order valence-electron chi connectivity index (χ4n) is 2.90. The van der Waals surface area contributed by atoms with Crippen molar-refractivity contribution in [1.82, 2.24) is 0 Å². The molecule has 4 aromatic rings. The molecule has 25 heavy (non-hydrogen) atoms. The molecule has 0 aliphatic carbocycles. The highest BCUT2D eigenvalue weighted by atomic mass is 15.5. The Kier molecular flexibility index (Phi) is 4.25. The number of para-hydroxylation sites is 2. The minimum Gasteiger partial charge on any atom is -0.234 e. The zero-order valence-corrected chi connectivity index (χ0v) is 13.8. The Bertz CT molecular complexity index is 947. The van der Waals surface area contributed by atoms with Gasteiger partial charge in [-0.2, -0.15) is 5.10 Å². The van der Waals surface area contributed by atoms with Crippen LogP contribution < -0.4 is 5.01 Å². The molecule has 0 fully saturated rings. The molecule has 0 spiro atoms. The van der Waals surface area contributed by atoms with Gasteiger partial charge in [-0.15, -0.1) is 0 Å². The van der Waals surface area contributed by atoms with Gasteiger partial charge in [0, 0.05) is 5.56 Å². The van der Waals surface area contributed by atoms with E-state index in [2.05, 4.69) is 66.7 Å². The van der Waals surface area contributed by atoms with Crippen LogP contribution in [0.2, 0.25) is 0 Å². The van der Waals surface area contributed by atoms with E-state index in [1.807, 2.05) is 47.6 Å². The third-order valence-electron chi connectivity index (χ3n) is 4.14. The van der Waals surface area contributed by atoms with Crippen LogP contribution in [0.25, 0.3) is 10.8 Å². The van der Waals surface area contributed by atoms with Crippen LogP contribution in [0.5, 0.6) is 0 Å². The zero-order chi connectivity index (χ0) is 16.9. The summed E-state index contributed by atoms with van der Waals surface area (Å²) in [5.74, 6) is 0. The van der Waals surface area contributed by atoms with Gasteiger partial charge < -0.3 is 0 Å². The molecule has 0 radical (unpaired) electrons. The van der Waals surface area contributed by atoms with Gasteiger partial charge in [0.05, 0.1) is 17.6 Å². The average molecular weight is 322 g/mol. The SMILES string of the molecule is C(=NN(c1ccccc1)c1ccccc1)c1cccc2ccccc12. The Morgan fingerprint density at radius 2 is 1.12 bits per heavy atom. The van der Waals surface area contributed by atoms with E-state index in [1.54, 1.807) is 0 Å². The van der Waals surface area contributed by atoms with Gasteiger partial charge in [0.15, 0.2) is 0 Å². The molecule has 0 saturated carbocycles. The Morgan fingerprint density at radius 1 is 0.560 bits per heavy atom. The lowest BCUT2D eigenvalue weighted by molar-refractivity contribution is 1.09. The molecule has 2 nitrogen and oxygen atoms in total. The molecule has 4 aromatic carbocycles. The van der Waals surface area contributed by atoms with Gasteiger partial charge in [0.25, 0.3) is 0 Å². The third kappa shape index (κ3) is 3.29. The minimum absolute atomic E-state index is 1.03. The first-order valence-corrected chi connectivity index (χ1v) is 8.34. The highest BCUT2D eigenvalue weighted by Crippen LogP contribution is 2.25. The van der Waals surface area contributed by atoms with Crippen LogP contribution in [0, 0.1) is 0 Å². The van der Waals surface area contributed by atoms with Crippen LogP contribution in [0.3, 0.4) is 0 Å². The smallest absolute Gasteiger partial charge is 0.0652 e. The van der Waals surface area contributed by atoms with Gasteiger partial charge in [-0.1, -0.05) is 78.9 Å². The quantitative estimate of drug-likeness (QED) is 0.332. The van der Waals surface area contributed by atoms with Gasteiger partial charge in [0.1, 0.15) is 0 Å². The molecule has 0 aliphatic rings. The Morgan fingerprint density at radius 3 is 1.80 bits per heavy atom. The van der Waals surface area contributed by atoms with Crippen LogP contribution in [0.1, 0.15) is 5.56 Å². The number of hydrazone groups is 1. The summed E-state index contributed by atoms with van der Waals surface area (Å²) in [5, 5.41) is 9.18. The zero-order valence-electron chi connectivity index (χ0n) is 13.8. The van der Waals surface area contributed by atoms with E-state index in [0.29, 0.717) is 0 Å². The molecular weight excluding hydrogens is 304 g/mol. The number of rotatable bonds is 4. The van der Waals surface area contributed by atoms with Crippen molar-refractivity contribution in [3.8, 4) is 0 Å². The maximum absolute atomic E-state index is 4.79. The number of fused-ring (bicyclic) bond motifs is 1. The number of hydrogen-bond acceptors (Lipinski definition) is 2. The van der Waals surface area contributed by atoms with Crippen LogP contribution in [-0.4, -0.2) is 6.21 Å². The average Bonchev–Trinajstić information content (AvgIpc) is 2.70. The van der Waals surface area contributed by atoms with Gasteiger partial charge in [-0.25, -0.2) is 5.01 Å². The van der Waals surface area contributed by atoms with Gasteiger partial charge in [-0.3, -0.25) is 0 Å².